The Morgan fingerprint density at radius 2 is 2.11 bits per heavy atom. The van der Waals surface area contributed by atoms with Crippen molar-refractivity contribution in [2.75, 3.05) is 6.54 Å². The molecule has 1 N–H and O–H groups in total. The van der Waals surface area contributed by atoms with Crippen LogP contribution in [0.15, 0.2) is 35.2 Å². The molecule has 2 aromatic rings. The maximum Gasteiger partial charge on any atom is 0.0794 e. The van der Waals surface area contributed by atoms with E-state index in [-0.39, 0.29) is 0 Å². The molecular weight excluding hydrogens is 264 g/mol. The molecule has 1 aromatic carbocycles. The number of nitrogens with zero attached hydrogens (tertiary/aromatic N) is 1. The zero-order valence-electron chi connectivity index (χ0n) is 10.4. The number of thiazole rings is 1. The van der Waals surface area contributed by atoms with Gasteiger partial charge < -0.3 is 5.32 Å². The first-order chi connectivity index (χ1) is 8.79. The maximum absolute atomic E-state index is 5.90. The Morgan fingerprint density at radius 3 is 2.72 bits per heavy atom. The van der Waals surface area contributed by atoms with E-state index < -0.39 is 0 Å². The Hall–Kier alpha value is -0.900. The molecule has 2 nitrogen and oxygen atoms in total. The van der Waals surface area contributed by atoms with Gasteiger partial charge in [-0.1, -0.05) is 30.7 Å². The van der Waals surface area contributed by atoms with Crippen molar-refractivity contribution >= 4 is 22.9 Å². The standard InChI is InChI=1S/C14H17ClN2S/c1-2-14(11-3-5-12(15)6-4-11)16-8-7-13-9-18-10-17-13/h3-6,9-10,14,16H,2,7-8H2,1H3. The highest BCUT2D eigenvalue weighted by Crippen LogP contribution is 2.19. The molecule has 0 spiro atoms. The first kappa shape index (κ1) is 13.5. The van der Waals surface area contributed by atoms with Crippen molar-refractivity contribution in [3.63, 3.8) is 0 Å². The van der Waals surface area contributed by atoms with Crippen molar-refractivity contribution in [2.45, 2.75) is 25.8 Å². The minimum Gasteiger partial charge on any atom is -0.310 e. The van der Waals surface area contributed by atoms with Gasteiger partial charge in [-0.15, -0.1) is 11.3 Å². The summed E-state index contributed by atoms with van der Waals surface area (Å²) in [5, 5.41) is 6.46. The fraction of sp³-hybridized carbons (Fsp3) is 0.357. The largest absolute Gasteiger partial charge is 0.310 e. The predicted octanol–water partition coefficient (Wildman–Crippen LogP) is 4.08. The fourth-order valence-corrected chi connectivity index (χ4v) is 2.65. The normalized spacial score (nSPS) is 12.6. The smallest absolute Gasteiger partial charge is 0.0794 e. The molecule has 1 unspecified atom stereocenters. The lowest BCUT2D eigenvalue weighted by molar-refractivity contribution is 0.521. The first-order valence-electron chi connectivity index (χ1n) is 6.15. The number of benzene rings is 1. The second-order valence-electron chi connectivity index (χ2n) is 4.20. The van der Waals surface area contributed by atoms with Crippen LogP contribution in [0.25, 0.3) is 0 Å². The molecule has 0 amide bonds. The Morgan fingerprint density at radius 1 is 1.33 bits per heavy atom. The predicted molar refractivity (Wildman–Crippen MR) is 78.3 cm³/mol. The summed E-state index contributed by atoms with van der Waals surface area (Å²) in [5.74, 6) is 0. The van der Waals surface area contributed by atoms with E-state index in [9.17, 15) is 0 Å². The second-order valence-corrected chi connectivity index (χ2v) is 5.35. The second kappa shape index (κ2) is 6.88. The van der Waals surface area contributed by atoms with Gasteiger partial charge in [-0.3, -0.25) is 0 Å². The topological polar surface area (TPSA) is 24.9 Å². The van der Waals surface area contributed by atoms with E-state index in [1.807, 2.05) is 17.6 Å². The van der Waals surface area contributed by atoms with Crippen LogP contribution in [0, 0.1) is 0 Å². The molecule has 1 heterocycles. The molecule has 18 heavy (non-hydrogen) atoms. The van der Waals surface area contributed by atoms with E-state index >= 15 is 0 Å². The number of nitrogens with one attached hydrogen (secondary N) is 1. The summed E-state index contributed by atoms with van der Waals surface area (Å²) >= 11 is 7.55. The molecule has 1 atom stereocenters. The molecule has 1 aromatic heterocycles. The van der Waals surface area contributed by atoms with Crippen LogP contribution in [0.1, 0.15) is 30.6 Å². The third-order valence-corrected chi connectivity index (χ3v) is 3.82. The van der Waals surface area contributed by atoms with Gasteiger partial charge in [-0.25, -0.2) is 4.98 Å². The van der Waals surface area contributed by atoms with Gasteiger partial charge in [-0.2, -0.15) is 0 Å². The quantitative estimate of drug-likeness (QED) is 0.862. The number of halogens is 1. The summed E-state index contributed by atoms with van der Waals surface area (Å²) in [4.78, 5) is 4.28. The van der Waals surface area contributed by atoms with Crippen LogP contribution >= 0.6 is 22.9 Å². The minimum atomic E-state index is 0.390. The van der Waals surface area contributed by atoms with Crippen molar-refractivity contribution < 1.29 is 0 Å². The third kappa shape index (κ3) is 3.80. The van der Waals surface area contributed by atoms with Gasteiger partial charge in [0.1, 0.15) is 0 Å². The zero-order valence-corrected chi connectivity index (χ0v) is 12.0. The van der Waals surface area contributed by atoms with Gasteiger partial charge in [0.15, 0.2) is 0 Å². The Bertz CT molecular complexity index is 453. The Kier molecular flexibility index (Phi) is 5.17. The van der Waals surface area contributed by atoms with Gasteiger partial charge in [0.05, 0.1) is 11.2 Å². The molecule has 0 saturated carbocycles. The van der Waals surface area contributed by atoms with E-state index in [1.165, 1.54) is 11.3 Å². The van der Waals surface area contributed by atoms with Crippen molar-refractivity contribution in [3.8, 4) is 0 Å². The van der Waals surface area contributed by atoms with Crippen molar-refractivity contribution in [1.82, 2.24) is 10.3 Å². The molecule has 0 aliphatic rings. The summed E-state index contributed by atoms with van der Waals surface area (Å²) < 4.78 is 0. The maximum atomic E-state index is 5.90. The number of aromatic nitrogens is 1. The van der Waals surface area contributed by atoms with Crippen molar-refractivity contribution in [3.05, 3.63) is 51.4 Å². The summed E-state index contributed by atoms with van der Waals surface area (Å²) in [6, 6.07) is 8.46. The zero-order chi connectivity index (χ0) is 12.8. The van der Waals surface area contributed by atoms with Crippen LogP contribution < -0.4 is 5.32 Å². The highest BCUT2D eigenvalue weighted by molar-refractivity contribution is 7.07. The van der Waals surface area contributed by atoms with Crippen LogP contribution in [0.5, 0.6) is 0 Å². The first-order valence-corrected chi connectivity index (χ1v) is 7.47. The Labute approximate surface area is 117 Å². The van der Waals surface area contributed by atoms with Crippen molar-refractivity contribution in [1.29, 1.82) is 0 Å². The van der Waals surface area contributed by atoms with Crippen LogP contribution in [-0.4, -0.2) is 11.5 Å². The summed E-state index contributed by atoms with van der Waals surface area (Å²) in [6.07, 6.45) is 2.05. The average molecular weight is 281 g/mol. The molecule has 0 bridgehead atoms. The fourth-order valence-electron chi connectivity index (χ4n) is 1.93. The Balaban J connectivity index is 1.87. The van der Waals surface area contributed by atoms with Crippen LogP contribution in [0.2, 0.25) is 5.02 Å². The lowest BCUT2D eigenvalue weighted by Gasteiger charge is -2.17. The summed E-state index contributed by atoms with van der Waals surface area (Å²) in [5.41, 5.74) is 4.34. The van der Waals surface area contributed by atoms with Crippen LogP contribution in [-0.2, 0) is 6.42 Å². The van der Waals surface area contributed by atoms with Crippen LogP contribution in [0.3, 0.4) is 0 Å². The number of hydrogen-bond acceptors (Lipinski definition) is 3. The highest BCUT2D eigenvalue weighted by Gasteiger charge is 2.08. The van der Waals surface area contributed by atoms with Crippen molar-refractivity contribution in [2.24, 2.45) is 0 Å². The third-order valence-electron chi connectivity index (χ3n) is 2.94. The molecule has 2 rings (SSSR count). The highest BCUT2D eigenvalue weighted by atomic mass is 35.5. The SMILES string of the molecule is CCC(NCCc1cscn1)c1ccc(Cl)cc1. The molecule has 96 valence electrons. The average Bonchev–Trinajstić information content (AvgIpc) is 2.89. The summed E-state index contributed by atoms with van der Waals surface area (Å²) in [7, 11) is 0. The van der Waals surface area contributed by atoms with E-state index in [4.69, 9.17) is 11.6 Å². The molecule has 0 fully saturated rings. The van der Waals surface area contributed by atoms with Gasteiger partial charge in [0.25, 0.3) is 0 Å². The van der Waals surface area contributed by atoms with E-state index in [0.29, 0.717) is 6.04 Å². The lowest BCUT2D eigenvalue weighted by atomic mass is 10.0. The molecule has 4 heteroatoms. The molecule has 0 aliphatic heterocycles. The van der Waals surface area contributed by atoms with E-state index in [0.717, 1.165) is 24.4 Å². The molecule has 0 aliphatic carbocycles. The van der Waals surface area contributed by atoms with Gasteiger partial charge in [0, 0.05) is 29.4 Å². The monoisotopic (exact) mass is 280 g/mol. The molecule has 0 radical (unpaired) electrons. The van der Waals surface area contributed by atoms with E-state index in [2.05, 4.69) is 34.7 Å². The lowest BCUT2D eigenvalue weighted by Crippen LogP contribution is -2.23. The van der Waals surface area contributed by atoms with Gasteiger partial charge in [-0.05, 0) is 24.1 Å². The van der Waals surface area contributed by atoms with Crippen LogP contribution in [0.4, 0.5) is 0 Å². The van der Waals surface area contributed by atoms with Gasteiger partial charge >= 0.3 is 0 Å². The van der Waals surface area contributed by atoms with Gasteiger partial charge in [0.2, 0.25) is 0 Å². The van der Waals surface area contributed by atoms with E-state index in [1.54, 1.807) is 11.3 Å². The summed E-state index contributed by atoms with van der Waals surface area (Å²) in [6.45, 7) is 3.14. The number of hydrogen-bond donors (Lipinski definition) is 1. The number of rotatable bonds is 6. The molecular formula is C14H17ClN2S. The molecule has 0 saturated heterocycles. The minimum absolute atomic E-state index is 0.390.